The molecule has 0 radical (unpaired) electrons. The molecule has 0 aliphatic rings. The molecule has 3 aromatic rings. The molecule has 0 saturated carbocycles. The van der Waals surface area contributed by atoms with Crippen LogP contribution in [0.2, 0.25) is 0 Å². The Morgan fingerprint density at radius 2 is 1.93 bits per heavy atom. The quantitative estimate of drug-likeness (QED) is 0.442. The van der Waals surface area contributed by atoms with E-state index in [1.165, 1.54) is 18.0 Å². The first-order valence-corrected chi connectivity index (χ1v) is 9.63. The Balaban J connectivity index is 1.38. The van der Waals surface area contributed by atoms with Gasteiger partial charge in [-0.1, -0.05) is 6.07 Å². The van der Waals surface area contributed by atoms with E-state index >= 15 is 0 Å². The summed E-state index contributed by atoms with van der Waals surface area (Å²) in [7, 11) is 0. The van der Waals surface area contributed by atoms with Gasteiger partial charge in [0.05, 0.1) is 6.26 Å². The molecule has 0 atom stereocenters. The van der Waals surface area contributed by atoms with Crippen LogP contribution >= 0.6 is 11.8 Å². The van der Waals surface area contributed by atoms with Gasteiger partial charge in [0.1, 0.15) is 10.8 Å². The van der Waals surface area contributed by atoms with Crippen LogP contribution in [-0.4, -0.2) is 32.7 Å². The molecule has 8 nitrogen and oxygen atoms in total. The number of thioether (sulfide) groups is 1. The average Bonchev–Trinajstić information content (AvgIpc) is 3.21. The minimum absolute atomic E-state index is 0.0687. The van der Waals surface area contributed by atoms with Gasteiger partial charge in [-0.3, -0.25) is 9.59 Å². The monoisotopic (exact) mass is 397 g/mol. The Bertz CT molecular complexity index is 929. The number of amides is 2. The van der Waals surface area contributed by atoms with Crippen LogP contribution in [0.15, 0.2) is 58.2 Å². The van der Waals surface area contributed by atoms with Gasteiger partial charge in [0.2, 0.25) is 5.91 Å². The Kier molecular flexibility index (Phi) is 6.74. The molecule has 0 bridgehead atoms. The maximum absolute atomic E-state index is 11.9. The minimum Gasteiger partial charge on any atom is -0.459 e. The molecule has 0 fully saturated rings. The number of aromatic nitrogens is 3. The van der Waals surface area contributed by atoms with E-state index in [2.05, 4.69) is 25.8 Å². The molecule has 0 aromatic carbocycles. The van der Waals surface area contributed by atoms with Crippen LogP contribution in [0.1, 0.15) is 29.1 Å². The summed E-state index contributed by atoms with van der Waals surface area (Å²) in [6.45, 7) is 1.88. The lowest BCUT2D eigenvalue weighted by Gasteiger charge is -2.05. The lowest BCUT2D eigenvalue weighted by atomic mass is 10.3. The third kappa shape index (κ3) is 5.92. The molecule has 0 unspecified atom stereocenters. The van der Waals surface area contributed by atoms with Crippen LogP contribution in [0.5, 0.6) is 0 Å². The number of anilines is 2. The maximum Gasteiger partial charge on any atom is 0.292 e. The Morgan fingerprint density at radius 1 is 1.04 bits per heavy atom. The number of aryl methyl sites for hydroxylation is 1. The van der Waals surface area contributed by atoms with Gasteiger partial charge in [-0.2, -0.15) is 0 Å². The first-order chi connectivity index (χ1) is 13.6. The van der Waals surface area contributed by atoms with E-state index in [1.807, 2.05) is 19.1 Å². The molecule has 3 aromatic heterocycles. The molecule has 3 rings (SSSR count). The number of carbonyl (C=O) groups excluding carboxylic acids is 2. The van der Waals surface area contributed by atoms with E-state index in [4.69, 9.17) is 4.42 Å². The van der Waals surface area contributed by atoms with Gasteiger partial charge in [0.25, 0.3) is 5.91 Å². The number of rotatable bonds is 8. The predicted octanol–water partition coefficient (Wildman–Crippen LogP) is 3.54. The van der Waals surface area contributed by atoms with Crippen molar-refractivity contribution < 1.29 is 14.0 Å². The van der Waals surface area contributed by atoms with Crippen molar-refractivity contribution >= 4 is 35.2 Å². The minimum atomic E-state index is -0.381. The maximum atomic E-state index is 11.9. The Labute approximate surface area is 166 Å². The molecule has 3 heterocycles. The van der Waals surface area contributed by atoms with Gasteiger partial charge >= 0.3 is 0 Å². The zero-order valence-corrected chi connectivity index (χ0v) is 16.0. The van der Waals surface area contributed by atoms with Crippen LogP contribution in [0, 0.1) is 6.92 Å². The predicted molar refractivity (Wildman–Crippen MR) is 106 cm³/mol. The molecular weight excluding hydrogens is 378 g/mol. The van der Waals surface area contributed by atoms with E-state index in [1.54, 1.807) is 30.3 Å². The van der Waals surface area contributed by atoms with Crippen molar-refractivity contribution in [1.82, 2.24) is 15.2 Å². The number of carbonyl (C=O) groups is 2. The second-order valence-corrected chi connectivity index (χ2v) is 6.97. The summed E-state index contributed by atoms with van der Waals surface area (Å²) < 4.78 is 5.02. The van der Waals surface area contributed by atoms with Crippen molar-refractivity contribution in [2.45, 2.75) is 24.8 Å². The summed E-state index contributed by atoms with van der Waals surface area (Å²) in [6.07, 6.45) is 2.52. The fraction of sp³-hybridized carbons (Fsp3) is 0.211. The third-order valence-corrected chi connectivity index (χ3v) is 4.59. The standard InChI is InChI=1S/C19H19N5O3S/c1-13-5-2-7-15(20-13)21-17(25)8-4-12-28-18-10-9-16(23-24-18)22-19(26)14-6-3-11-27-14/h2-3,5-7,9-11H,4,8,12H2,1H3,(H,20,21,25)(H,22,23,26). The molecule has 0 spiro atoms. The van der Waals surface area contributed by atoms with E-state index < -0.39 is 0 Å². The SMILES string of the molecule is Cc1cccc(NC(=O)CCCSc2ccc(NC(=O)c3ccco3)nn2)n1. The van der Waals surface area contributed by atoms with Gasteiger partial charge in [0.15, 0.2) is 11.6 Å². The van der Waals surface area contributed by atoms with Crippen molar-refractivity contribution in [1.29, 1.82) is 0 Å². The molecular formula is C19H19N5O3S. The lowest BCUT2D eigenvalue weighted by molar-refractivity contribution is -0.116. The van der Waals surface area contributed by atoms with Crippen LogP contribution in [0.4, 0.5) is 11.6 Å². The molecule has 2 N–H and O–H groups in total. The summed E-state index contributed by atoms with van der Waals surface area (Å²) in [5, 5.41) is 14.1. The van der Waals surface area contributed by atoms with E-state index in [-0.39, 0.29) is 17.6 Å². The number of nitrogens with zero attached hydrogens (tertiary/aromatic N) is 3. The Hall–Kier alpha value is -3.20. The number of nitrogens with one attached hydrogen (secondary N) is 2. The average molecular weight is 397 g/mol. The highest BCUT2D eigenvalue weighted by atomic mass is 32.2. The first-order valence-electron chi connectivity index (χ1n) is 8.65. The number of pyridine rings is 1. The number of hydrogen-bond donors (Lipinski definition) is 2. The van der Waals surface area contributed by atoms with Gasteiger partial charge in [-0.05, 0) is 49.7 Å². The highest BCUT2D eigenvalue weighted by Gasteiger charge is 2.10. The third-order valence-electron chi connectivity index (χ3n) is 3.58. The number of hydrogen-bond acceptors (Lipinski definition) is 7. The second kappa shape index (κ2) is 9.65. The smallest absolute Gasteiger partial charge is 0.292 e. The van der Waals surface area contributed by atoms with Crippen LogP contribution in [0.25, 0.3) is 0 Å². The summed E-state index contributed by atoms with van der Waals surface area (Å²) in [6, 6.07) is 12.1. The van der Waals surface area contributed by atoms with Gasteiger partial charge < -0.3 is 15.1 Å². The van der Waals surface area contributed by atoms with E-state index in [0.717, 1.165) is 16.5 Å². The van der Waals surface area contributed by atoms with Gasteiger partial charge in [-0.25, -0.2) is 4.98 Å². The second-order valence-electron chi connectivity index (χ2n) is 5.85. The molecule has 0 aliphatic carbocycles. The molecule has 144 valence electrons. The van der Waals surface area contributed by atoms with Crippen molar-refractivity contribution in [3.8, 4) is 0 Å². The van der Waals surface area contributed by atoms with Crippen LogP contribution in [0.3, 0.4) is 0 Å². The topological polar surface area (TPSA) is 110 Å². The Morgan fingerprint density at radius 3 is 2.64 bits per heavy atom. The van der Waals surface area contributed by atoms with E-state index in [9.17, 15) is 9.59 Å². The van der Waals surface area contributed by atoms with Crippen molar-refractivity contribution in [3.63, 3.8) is 0 Å². The van der Waals surface area contributed by atoms with Crippen molar-refractivity contribution in [2.24, 2.45) is 0 Å². The lowest BCUT2D eigenvalue weighted by Crippen LogP contribution is -2.13. The highest BCUT2D eigenvalue weighted by Crippen LogP contribution is 2.17. The first kappa shape index (κ1) is 19.6. The zero-order chi connectivity index (χ0) is 19.8. The molecule has 2 amide bonds. The zero-order valence-electron chi connectivity index (χ0n) is 15.2. The fourth-order valence-corrected chi connectivity index (χ4v) is 3.04. The molecule has 9 heteroatoms. The molecule has 0 aliphatic heterocycles. The van der Waals surface area contributed by atoms with E-state index in [0.29, 0.717) is 24.5 Å². The van der Waals surface area contributed by atoms with Gasteiger partial charge in [0, 0.05) is 17.9 Å². The summed E-state index contributed by atoms with van der Waals surface area (Å²) >= 11 is 1.50. The van der Waals surface area contributed by atoms with Crippen LogP contribution < -0.4 is 10.6 Å². The van der Waals surface area contributed by atoms with Gasteiger partial charge in [-0.15, -0.1) is 22.0 Å². The van der Waals surface area contributed by atoms with Crippen molar-refractivity contribution in [3.05, 3.63) is 60.2 Å². The normalized spacial score (nSPS) is 10.5. The summed E-state index contributed by atoms with van der Waals surface area (Å²) in [4.78, 5) is 28.1. The summed E-state index contributed by atoms with van der Waals surface area (Å²) in [5.74, 6) is 1.39. The number of furan rings is 1. The summed E-state index contributed by atoms with van der Waals surface area (Å²) in [5.41, 5.74) is 0.857. The highest BCUT2D eigenvalue weighted by molar-refractivity contribution is 7.99. The largest absolute Gasteiger partial charge is 0.459 e. The fourth-order valence-electron chi connectivity index (χ4n) is 2.28. The molecule has 0 saturated heterocycles. The van der Waals surface area contributed by atoms with Crippen LogP contribution in [-0.2, 0) is 4.79 Å². The molecule has 28 heavy (non-hydrogen) atoms. The van der Waals surface area contributed by atoms with Crippen molar-refractivity contribution in [2.75, 3.05) is 16.4 Å².